The van der Waals surface area contributed by atoms with Crippen LogP contribution < -0.4 is 10.8 Å². The topological polar surface area (TPSA) is 104 Å². The highest BCUT2D eigenvalue weighted by atomic mass is 16.5. The molecule has 6 heteroatoms. The van der Waals surface area contributed by atoms with Gasteiger partial charge in [-0.15, -0.1) is 0 Å². The zero-order chi connectivity index (χ0) is 16.8. The van der Waals surface area contributed by atoms with Crippen LogP contribution in [0, 0.1) is 0 Å². The van der Waals surface area contributed by atoms with Crippen molar-refractivity contribution in [3.8, 4) is 0 Å². The first-order chi connectivity index (χ1) is 11.0. The zero-order valence-corrected chi connectivity index (χ0v) is 12.5. The van der Waals surface area contributed by atoms with Crippen LogP contribution in [0.4, 0.5) is 5.69 Å². The van der Waals surface area contributed by atoms with Gasteiger partial charge in [-0.3, -0.25) is 14.8 Å². The van der Waals surface area contributed by atoms with Crippen LogP contribution in [0.2, 0.25) is 0 Å². The van der Waals surface area contributed by atoms with Gasteiger partial charge in [0, 0.05) is 12.2 Å². The number of carbonyl (C=O) groups excluding carboxylic acids is 2. The summed E-state index contributed by atoms with van der Waals surface area (Å²) in [6.45, 7) is 0.0390. The lowest BCUT2D eigenvalue weighted by molar-refractivity contribution is -0.123. The first kappa shape index (κ1) is 16.7. The number of nitrogens with zero attached hydrogens (tertiary/aromatic N) is 1. The van der Waals surface area contributed by atoms with Gasteiger partial charge in [0.05, 0.1) is 12.1 Å². The van der Waals surface area contributed by atoms with E-state index in [2.05, 4.69) is 0 Å². The molecular formula is C17H18N2O4. The van der Waals surface area contributed by atoms with Crippen molar-refractivity contribution in [2.24, 2.45) is 5.73 Å². The van der Waals surface area contributed by atoms with E-state index in [1.165, 1.54) is 6.07 Å². The van der Waals surface area contributed by atoms with E-state index in [1.54, 1.807) is 42.5 Å². The Morgan fingerprint density at radius 1 is 1.04 bits per heavy atom. The Kier molecular flexibility index (Phi) is 5.46. The van der Waals surface area contributed by atoms with E-state index < -0.39 is 11.8 Å². The Bertz CT molecular complexity index is 698. The van der Waals surface area contributed by atoms with E-state index >= 15 is 0 Å². The molecule has 0 aliphatic rings. The third kappa shape index (κ3) is 4.38. The first-order valence-corrected chi connectivity index (χ1v) is 7.11. The number of anilines is 1. The number of hydrogen-bond donors (Lipinski definition) is 3. The molecule has 2 amide bonds. The van der Waals surface area contributed by atoms with Crippen LogP contribution in [0.25, 0.3) is 0 Å². The number of aliphatic hydroxyl groups excluding tert-OH is 1. The van der Waals surface area contributed by atoms with Crippen molar-refractivity contribution >= 4 is 17.5 Å². The lowest BCUT2D eigenvalue weighted by atomic mass is 10.1. The number of nitrogens with two attached hydrogens (primary N) is 1. The molecule has 2 rings (SSSR count). The summed E-state index contributed by atoms with van der Waals surface area (Å²) in [6, 6.07) is 13.1. The molecule has 0 aromatic heterocycles. The van der Waals surface area contributed by atoms with Gasteiger partial charge in [0.2, 0.25) is 5.91 Å². The van der Waals surface area contributed by atoms with E-state index in [9.17, 15) is 14.8 Å². The van der Waals surface area contributed by atoms with Crippen LogP contribution in [0.1, 0.15) is 21.5 Å². The number of rotatable bonds is 6. The summed E-state index contributed by atoms with van der Waals surface area (Å²) in [5, 5.41) is 19.4. The molecule has 0 fully saturated rings. The minimum Gasteiger partial charge on any atom is -0.396 e. The molecule has 0 aliphatic heterocycles. The van der Waals surface area contributed by atoms with Gasteiger partial charge in [0.15, 0.2) is 0 Å². The molecule has 0 saturated carbocycles. The Balaban J connectivity index is 2.07. The maximum atomic E-state index is 12.1. The molecular weight excluding hydrogens is 296 g/mol. The first-order valence-electron chi connectivity index (χ1n) is 7.11. The molecule has 0 aliphatic carbocycles. The highest BCUT2D eigenvalue weighted by Crippen LogP contribution is 2.16. The summed E-state index contributed by atoms with van der Waals surface area (Å²) in [5.41, 5.74) is 7.34. The number of hydroxylamine groups is 1. The second-order valence-electron chi connectivity index (χ2n) is 5.09. The summed E-state index contributed by atoms with van der Waals surface area (Å²) >= 11 is 0. The van der Waals surface area contributed by atoms with Gasteiger partial charge in [-0.05, 0) is 41.8 Å². The molecule has 0 spiro atoms. The van der Waals surface area contributed by atoms with Crippen LogP contribution in [0.15, 0.2) is 48.5 Å². The molecule has 120 valence electrons. The van der Waals surface area contributed by atoms with Gasteiger partial charge in [0.25, 0.3) is 5.91 Å². The van der Waals surface area contributed by atoms with Crippen LogP contribution in [0.3, 0.4) is 0 Å². The third-order valence-corrected chi connectivity index (χ3v) is 3.38. The summed E-state index contributed by atoms with van der Waals surface area (Å²) in [5.74, 6) is -1.10. The minimum absolute atomic E-state index is 0.0390. The molecule has 2 aromatic rings. The molecule has 0 bridgehead atoms. The van der Waals surface area contributed by atoms with Crippen LogP contribution >= 0.6 is 0 Å². The predicted octanol–water partition coefficient (Wildman–Crippen LogP) is 1.29. The fraction of sp³-hybridized carbons (Fsp3) is 0.176. The zero-order valence-electron chi connectivity index (χ0n) is 12.5. The predicted molar refractivity (Wildman–Crippen MR) is 85.2 cm³/mol. The molecule has 2 aromatic carbocycles. The molecule has 0 radical (unpaired) electrons. The van der Waals surface area contributed by atoms with Crippen molar-refractivity contribution in [1.29, 1.82) is 0 Å². The maximum Gasteiger partial charge on any atom is 0.255 e. The van der Waals surface area contributed by atoms with Crippen LogP contribution in [-0.2, 0) is 17.6 Å². The number of aliphatic hydroxyl groups is 1. The number of primary amides is 1. The quantitative estimate of drug-likeness (QED) is 0.552. The number of amides is 2. The Morgan fingerprint density at radius 2 is 1.74 bits per heavy atom. The standard InChI is InChI=1S/C17H18N2O4/c18-17(22)14-3-1-2-13(10-14)11-16(21)19(23)15-6-4-12(5-7-15)8-9-20/h1-7,10,20,23H,8-9,11H2,(H2,18,22). The fourth-order valence-electron chi connectivity index (χ4n) is 2.16. The second kappa shape index (κ2) is 7.53. The molecule has 6 nitrogen and oxygen atoms in total. The van der Waals surface area contributed by atoms with Gasteiger partial charge in [-0.1, -0.05) is 24.3 Å². The second-order valence-corrected chi connectivity index (χ2v) is 5.09. The van der Waals surface area contributed by atoms with E-state index in [4.69, 9.17) is 10.8 Å². The normalized spacial score (nSPS) is 10.3. The lowest BCUT2D eigenvalue weighted by Gasteiger charge is -2.15. The highest BCUT2D eigenvalue weighted by molar-refractivity contribution is 5.95. The van der Waals surface area contributed by atoms with Gasteiger partial charge in [-0.2, -0.15) is 5.06 Å². The number of hydrogen-bond acceptors (Lipinski definition) is 4. The van der Waals surface area contributed by atoms with Gasteiger partial charge >= 0.3 is 0 Å². The monoisotopic (exact) mass is 314 g/mol. The van der Waals surface area contributed by atoms with E-state index in [0.29, 0.717) is 28.3 Å². The summed E-state index contributed by atoms with van der Waals surface area (Å²) in [4.78, 5) is 23.3. The molecule has 0 atom stereocenters. The van der Waals surface area contributed by atoms with Gasteiger partial charge in [0.1, 0.15) is 0 Å². The molecule has 0 heterocycles. The summed E-state index contributed by atoms with van der Waals surface area (Å²) < 4.78 is 0. The van der Waals surface area contributed by atoms with Crippen molar-refractivity contribution in [2.45, 2.75) is 12.8 Å². The largest absolute Gasteiger partial charge is 0.396 e. The van der Waals surface area contributed by atoms with E-state index in [1.807, 2.05) is 0 Å². The average Bonchev–Trinajstić information content (AvgIpc) is 2.55. The van der Waals surface area contributed by atoms with Crippen molar-refractivity contribution in [1.82, 2.24) is 0 Å². The van der Waals surface area contributed by atoms with Crippen LogP contribution in [-0.4, -0.2) is 28.7 Å². The average molecular weight is 314 g/mol. The maximum absolute atomic E-state index is 12.1. The van der Waals surface area contributed by atoms with E-state index in [-0.39, 0.29) is 13.0 Å². The Hall–Kier alpha value is -2.70. The highest BCUT2D eigenvalue weighted by Gasteiger charge is 2.14. The number of benzene rings is 2. The molecule has 0 saturated heterocycles. The molecule has 4 N–H and O–H groups in total. The fourth-order valence-corrected chi connectivity index (χ4v) is 2.16. The lowest BCUT2D eigenvalue weighted by Crippen LogP contribution is -2.28. The third-order valence-electron chi connectivity index (χ3n) is 3.38. The van der Waals surface area contributed by atoms with Crippen molar-refractivity contribution in [2.75, 3.05) is 11.7 Å². The van der Waals surface area contributed by atoms with Gasteiger partial charge < -0.3 is 10.8 Å². The molecule has 0 unspecified atom stereocenters. The van der Waals surface area contributed by atoms with Gasteiger partial charge in [-0.25, -0.2) is 0 Å². The summed E-state index contributed by atoms with van der Waals surface area (Å²) in [6.07, 6.45) is 0.454. The van der Waals surface area contributed by atoms with E-state index in [0.717, 1.165) is 5.56 Å². The smallest absolute Gasteiger partial charge is 0.255 e. The summed E-state index contributed by atoms with van der Waals surface area (Å²) in [7, 11) is 0. The Morgan fingerprint density at radius 3 is 2.35 bits per heavy atom. The number of carbonyl (C=O) groups is 2. The van der Waals surface area contributed by atoms with Crippen molar-refractivity contribution < 1.29 is 19.9 Å². The van der Waals surface area contributed by atoms with Crippen LogP contribution in [0.5, 0.6) is 0 Å². The van der Waals surface area contributed by atoms with Crippen molar-refractivity contribution in [3.63, 3.8) is 0 Å². The minimum atomic E-state index is -0.570. The Labute approximate surface area is 133 Å². The SMILES string of the molecule is NC(=O)c1cccc(CC(=O)N(O)c2ccc(CCO)cc2)c1. The van der Waals surface area contributed by atoms with Crippen molar-refractivity contribution in [3.05, 3.63) is 65.2 Å². The molecule has 23 heavy (non-hydrogen) atoms.